The zero-order valence-corrected chi connectivity index (χ0v) is 13.8. The molecule has 0 aliphatic heterocycles. The lowest BCUT2D eigenvalue weighted by Gasteiger charge is -2.10. The molecule has 0 unspecified atom stereocenters. The molecule has 0 aliphatic rings. The van der Waals surface area contributed by atoms with Gasteiger partial charge in [0.25, 0.3) is 5.91 Å². The van der Waals surface area contributed by atoms with Crippen LogP contribution in [0.3, 0.4) is 0 Å². The molecule has 23 heavy (non-hydrogen) atoms. The van der Waals surface area contributed by atoms with E-state index in [0.717, 1.165) is 12.0 Å². The van der Waals surface area contributed by atoms with Crippen molar-refractivity contribution in [3.8, 4) is 0 Å². The molecule has 2 rings (SSSR count). The van der Waals surface area contributed by atoms with Crippen LogP contribution in [-0.4, -0.2) is 27.4 Å². The van der Waals surface area contributed by atoms with Gasteiger partial charge in [-0.15, -0.1) is 0 Å². The second kappa shape index (κ2) is 8.22. The summed E-state index contributed by atoms with van der Waals surface area (Å²) in [5.41, 5.74) is 1.43. The summed E-state index contributed by atoms with van der Waals surface area (Å²) >= 11 is 0. The van der Waals surface area contributed by atoms with Gasteiger partial charge >= 0.3 is 0 Å². The number of nitrogens with zero attached hydrogens (tertiary/aromatic N) is 3. The molecular formula is C17H23N5O. The molecule has 2 aromatic rings. The fourth-order valence-corrected chi connectivity index (χ4v) is 2.03. The Labute approximate surface area is 136 Å². The standard InChI is InChI=1S/C17H23N5O/c1-12(2)6-8-19-17(23)15-9-16(22-13(3)21-15)20-11-14-5-4-7-18-10-14/h4-5,7,9-10,12H,6,8,11H2,1-3H3,(H,19,23)(H,20,21,22). The average Bonchev–Trinajstić information content (AvgIpc) is 2.53. The topological polar surface area (TPSA) is 79.8 Å². The van der Waals surface area contributed by atoms with Gasteiger partial charge in [0, 0.05) is 31.5 Å². The van der Waals surface area contributed by atoms with Gasteiger partial charge in [0.05, 0.1) is 0 Å². The maximum absolute atomic E-state index is 12.2. The number of aryl methyl sites for hydroxylation is 1. The highest BCUT2D eigenvalue weighted by Gasteiger charge is 2.10. The Morgan fingerprint density at radius 1 is 1.30 bits per heavy atom. The van der Waals surface area contributed by atoms with Crippen molar-refractivity contribution in [2.45, 2.75) is 33.7 Å². The molecule has 0 fully saturated rings. The summed E-state index contributed by atoms with van der Waals surface area (Å²) in [7, 11) is 0. The highest BCUT2D eigenvalue weighted by atomic mass is 16.1. The Bertz CT molecular complexity index is 643. The summed E-state index contributed by atoms with van der Waals surface area (Å²) in [6.45, 7) is 7.28. The van der Waals surface area contributed by atoms with Gasteiger partial charge in [0.1, 0.15) is 17.3 Å². The number of rotatable bonds is 7. The van der Waals surface area contributed by atoms with E-state index in [1.807, 2.05) is 12.1 Å². The molecule has 1 amide bonds. The molecule has 2 heterocycles. The Hall–Kier alpha value is -2.50. The van der Waals surface area contributed by atoms with Crippen LogP contribution < -0.4 is 10.6 Å². The molecule has 6 nitrogen and oxygen atoms in total. The Balaban J connectivity index is 1.99. The summed E-state index contributed by atoms with van der Waals surface area (Å²) in [5.74, 6) is 1.59. The van der Waals surface area contributed by atoms with Crippen LogP contribution in [0.5, 0.6) is 0 Å². The van der Waals surface area contributed by atoms with Gasteiger partial charge < -0.3 is 10.6 Å². The third-order valence-corrected chi connectivity index (χ3v) is 3.27. The minimum Gasteiger partial charge on any atom is -0.366 e. The number of aromatic nitrogens is 3. The van der Waals surface area contributed by atoms with Crippen LogP contribution in [0.1, 0.15) is 42.1 Å². The number of hydrogen-bond donors (Lipinski definition) is 2. The average molecular weight is 313 g/mol. The van der Waals surface area contributed by atoms with E-state index in [9.17, 15) is 4.79 Å². The van der Waals surface area contributed by atoms with E-state index in [4.69, 9.17) is 0 Å². The summed E-state index contributed by atoms with van der Waals surface area (Å²) in [6.07, 6.45) is 4.47. The molecule has 2 aromatic heterocycles. The molecule has 0 saturated carbocycles. The normalized spacial score (nSPS) is 10.6. The van der Waals surface area contributed by atoms with Crippen LogP contribution in [0.2, 0.25) is 0 Å². The zero-order chi connectivity index (χ0) is 16.7. The molecule has 0 saturated heterocycles. The van der Waals surface area contributed by atoms with Crippen LogP contribution in [-0.2, 0) is 6.54 Å². The maximum Gasteiger partial charge on any atom is 0.270 e. The second-order valence-corrected chi connectivity index (χ2v) is 5.84. The Kier molecular flexibility index (Phi) is 6.02. The first kappa shape index (κ1) is 16.9. The summed E-state index contributed by atoms with van der Waals surface area (Å²) in [4.78, 5) is 24.8. The van der Waals surface area contributed by atoms with Gasteiger partial charge in [-0.05, 0) is 30.9 Å². The van der Waals surface area contributed by atoms with Crippen molar-refractivity contribution in [2.75, 3.05) is 11.9 Å². The molecule has 2 N–H and O–H groups in total. The fraction of sp³-hybridized carbons (Fsp3) is 0.412. The first-order valence-electron chi connectivity index (χ1n) is 7.81. The van der Waals surface area contributed by atoms with E-state index in [1.165, 1.54) is 0 Å². The number of hydrogen-bond acceptors (Lipinski definition) is 5. The van der Waals surface area contributed by atoms with Crippen LogP contribution in [0.15, 0.2) is 30.6 Å². The molecule has 0 aromatic carbocycles. The van der Waals surface area contributed by atoms with Crippen molar-refractivity contribution in [3.63, 3.8) is 0 Å². The van der Waals surface area contributed by atoms with Gasteiger partial charge in [-0.3, -0.25) is 9.78 Å². The van der Waals surface area contributed by atoms with Crippen molar-refractivity contribution in [1.82, 2.24) is 20.3 Å². The number of pyridine rings is 1. The summed E-state index contributed by atoms with van der Waals surface area (Å²) < 4.78 is 0. The lowest BCUT2D eigenvalue weighted by atomic mass is 10.1. The maximum atomic E-state index is 12.2. The van der Waals surface area contributed by atoms with Gasteiger partial charge in [0.15, 0.2) is 0 Å². The van der Waals surface area contributed by atoms with Crippen molar-refractivity contribution in [3.05, 3.63) is 47.7 Å². The van der Waals surface area contributed by atoms with E-state index in [2.05, 4.69) is 39.4 Å². The van der Waals surface area contributed by atoms with Gasteiger partial charge in [-0.1, -0.05) is 19.9 Å². The van der Waals surface area contributed by atoms with Gasteiger partial charge in [-0.25, -0.2) is 9.97 Å². The molecule has 0 radical (unpaired) electrons. The first-order chi connectivity index (χ1) is 11.0. The monoisotopic (exact) mass is 313 g/mol. The molecule has 0 atom stereocenters. The minimum atomic E-state index is -0.166. The first-order valence-corrected chi connectivity index (χ1v) is 7.81. The second-order valence-electron chi connectivity index (χ2n) is 5.84. The number of nitrogens with one attached hydrogen (secondary N) is 2. The molecule has 0 aliphatic carbocycles. The third-order valence-electron chi connectivity index (χ3n) is 3.27. The summed E-state index contributed by atoms with van der Waals surface area (Å²) in [6, 6.07) is 5.54. The highest BCUT2D eigenvalue weighted by Crippen LogP contribution is 2.09. The van der Waals surface area contributed by atoms with Crippen LogP contribution in [0, 0.1) is 12.8 Å². The molecule has 122 valence electrons. The van der Waals surface area contributed by atoms with Crippen molar-refractivity contribution >= 4 is 11.7 Å². The lowest BCUT2D eigenvalue weighted by molar-refractivity contribution is 0.0946. The molecule has 0 bridgehead atoms. The third kappa shape index (κ3) is 5.65. The van der Waals surface area contributed by atoms with E-state index >= 15 is 0 Å². The quantitative estimate of drug-likeness (QED) is 0.821. The number of anilines is 1. The van der Waals surface area contributed by atoms with Gasteiger partial charge in [0.2, 0.25) is 0 Å². The van der Waals surface area contributed by atoms with E-state index in [1.54, 1.807) is 25.4 Å². The molecule has 0 spiro atoms. The van der Waals surface area contributed by atoms with E-state index in [0.29, 0.717) is 36.3 Å². The number of amides is 1. The zero-order valence-electron chi connectivity index (χ0n) is 13.8. The highest BCUT2D eigenvalue weighted by molar-refractivity contribution is 5.92. The lowest BCUT2D eigenvalue weighted by Crippen LogP contribution is -2.26. The number of carbonyl (C=O) groups excluding carboxylic acids is 1. The predicted octanol–water partition coefficient (Wildman–Crippen LogP) is 2.57. The van der Waals surface area contributed by atoms with Crippen LogP contribution in [0.25, 0.3) is 0 Å². The molecule has 6 heteroatoms. The fourth-order valence-electron chi connectivity index (χ4n) is 2.03. The van der Waals surface area contributed by atoms with Gasteiger partial charge in [-0.2, -0.15) is 0 Å². The Morgan fingerprint density at radius 3 is 2.83 bits per heavy atom. The van der Waals surface area contributed by atoms with E-state index in [-0.39, 0.29) is 5.91 Å². The summed E-state index contributed by atoms with van der Waals surface area (Å²) in [5, 5.41) is 6.09. The molecular weight excluding hydrogens is 290 g/mol. The van der Waals surface area contributed by atoms with Crippen molar-refractivity contribution in [1.29, 1.82) is 0 Å². The van der Waals surface area contributed by atoms with Crippen molar-refractivity contribution < 1.29 is 4.79 Å². The number of carbonyl (C=O) groups is 1. The van der Waals surface area contributed by atoms with Crippen molar-refractivity contribution in [2.24, 2.45) is 5.92 Å². The predicted molar refractivity (Wildman–Crippen MR) is 90.1 cm³/mol. The van der Waals surface area contributed by atoms with Crippen LogP contribution >= 0.6 is 0 Å². The SMILES string of the molecule is Cc1nc(NCc2cccnc2)cc(C(=O)NCCC(C)C)n1. The van der Waals surface area contributed by atoms with E-state index < -0.39 is 0 Å². The Morgan fingerprint density at radius 2 is 2.13 bits per heavy atom. The smallest absolute Gasteiger partial charge is 0.270 e. The minimum absolute atomic E-state index is 0.166. The largest absolute Gasteiger partial charge is 0.366 e. The van der Waals surface area contributed by atoms with Crippen LogP contribution in [0.4, 0.5) is 5.82 Å².